The van der Waals surface area contributed by atoms with Crippen LogP contribution in [0.5, 0.6) is 5.75 Å². The van der Waals surface area contributed by atoms with Crippen molar-refractivity contribution in [2.45, 2.75) is 18.8 Å². The summed E-state index contributed by atoms with van der Waals surface area (Å²) in [7, 11) is 1.60. The molecule has 25 heavy (non-hydrogen) atoms. The molecule has 4 rings (SSSR count). The molecule has 0 spiro atoms. The third-order valence-corrected chi connectivity index (χ3v) is 4.97. The number of fused-ring (bicyclic) bond motifs is 1. The van der Waals surface area contributed by atoms with E-state index in [2.05, 4.69) is 16.0 Å². The minimum absolute atomic E-state index is 0.0418. The molecule has 5 heteroatoms. The smallest absolute Gasteiger partial charge is 0.257 e. The Labute approximate surface area is 146 Å². The van der Waals surface area contributed by atoms with Crippen molar-refractivity contribution in [3.05, 3.63) is 59.9 Å². The zero-order valence-electron chi connectivity index (χ0n) is 14.2. The molecule has 1 amide bonds. The Bertz CT molecular complexity index is 903. The number of rotatable bonds is 3. The van der Waals surface area contributed by atoms with Gasteiger partial charge < -0.3 is 14.6 Å². The predicted molar refractivity (Wildman–Crippen MR) is 97.0 cm³/mol. The van der Waals surface area contributed by atoms with E-state index in [1.54, 1.807) is 13.3 Å². The molecular formula is C20H21N3O2. The van der Waals surface area contributed by atoms with Crippen LogP contribution in [0.15, 0.2) is 48.8 Å². The lowest BCUT2D eigenvalue weighted by molar-refractivity contribution is 0.0704. The summed E-state index contributed by atoms with van der Waals surface area (Å²) in [5.74, 6) is 0.997. The molecule has 1 aliphatic heterocycles. The Morgan fingerprint density at radius 3 is 3.04 bits per heavy atom. The molecule has 0 bridgehead atoms. The second-order valence-electron chi connectivity index (χ2n) is 6.43. The maximum Gasteiger partial charge on any atom is 0.257 e. The Morgan fingerprint density at radius 1 is 1.28 bits per heavy atom. The van der Waals surface area contributed by atoms with Crippen molar-refractivity contribution in [3.63, 3.8) is 0 Å². The summed E-state index contributed by atoms with van der Waals surface area (Å²) in [6.07, 6.45) is 5.91. The van der Waals surface area contributed by atoms with E-state index < -0.39 is 0 Å². The first-order valence-corrected chi connectivity index (χ1v) is 8.62. The standard InChI is InChI=1S/C20H21N3O2/c1-25-18-9-3-2-7-16(18)20(24)23-11-5-6-14(13-23)17-12-22-19-15(17)8-4-10-21-19/h2-4,7-10,12,14H,5-6,11,13H2,1H3,(H,21,22). The van der Waals surface area contributed by atoms with Crippen LogP contribution in [-0.2, 0) is 0 Å². The fraction of sp³-hybridized carbons (Fsp3) is 0.300. The number of pyridine rings is 1. The predicted octanol–water partition coefficient (Wildman–Crippen LogP) is 3.59. The van der Waals surface area contributed by atoms with Crippen molar-refractivity contribution in [2.75, 3.05) is 20.2 Å². The second kappa shape index (κ2) is 6.59. The highest BCUT2D eigenvalue weighted by Gasteiger charge is 2.28. The molecule has 3 aromatic rings. The number of hydrogen-bond acceptors (Lipinski definition) is 3. The molecule has 1 atom stereocenters. The third kappa shape index (κ3) is 2.86. The van der Waals surface area contributed by atoms with Gasteiger partial charge in [-0.1, -0.05) is 12.1 Å². The molecule has 0 saturated carbocycles. The Hall–Kier alpha value is -2.82. The number of piperidine rings is 1. The number of carbonyl (C=O) groups excluding carboxylic acids is 1. The van der Waals surface area contributed by atoms with Gasteiger partial charge in [-0.3, -0.25) is 4.79 Å². The fourth-order valence-corrected chi connectivity index (χ4v) is 3.72. The number of para-hydroxylation sites is 1. The van der Waals surface area contributed by atoms with Crippen LogP contribution in [0.25, 0.3) is 11.0 Å². The van der Waals surface area contributed by atoms with Gasteiger partial charge >= 0.3 is 0 Å². The van der Waals surface area contributed by atoms with E-state index in [-0.39, 0.29) is 5.91 Å². The summed E-state index contributed by atoms with van der Waals surface area (Å²) >= 11 is 0. The van der Waals surface area contributed by atoms with E-state index in [0.29, 0.717) is 17.2 Å². The van der Waals surface area contributed by atoms with Crippen molar-refractivity contribution in [2.24, 2.45) is 0 Å². The molecule has 2 aromatic heterocycles. The number of methoxy groups -OCH3 is 1. The lowest BCUT2D eigenvalue weighted by atomic mass is 9.90. The molecule has 1 unspecified atom stereocenters. The summed E-state index contributed by atoms with van der Waals surface area (Å²) in [4.78, 5) is 22.5. The van der Waals surface area contributed by atoms with Gasteiger partial charge in [0.2, 0.25) is 0 Å². The molecule has 1 aliphatic rings. The molecule has 5 nitrogen and oxygen atoms in total. The van der Waals surface area contributed by atoms with Crippen LogP contribution < -0.4 is 4.74 Å². The lowest BCUT2D eigenvalue weighted by Gasteiger charge is -2.33. The van der Waals surface area contributed by atoms with Gasteiger partial charge in [0, 0.05) is 36.8 Å². The second-order valence-corrected chi connectivity index (χ2v) is 6.43. The molecule has 0 radical (unpaired) electrons. The Morgan fingerprint density at radius 2 is 2.16 bits per heavy atom. The van der Waals surface area contributed by atoms with E-state index in [0.717, 1.165) is 37.0 Å². The van der Waals surface area contributed by atoms with Crippen LogP contribution in [0.3, 0.4) is 0 Å². The first-order chi connectivity index (χ1) is 12.3. The van der Waals surface area contributed by atoms with E-state index in [4.69, 9.17) is 4.74 Å². The van der Waals surface area contributed by atoms with Gasteiger partial charge in [0.05, 0.1) is 12.7 Å². The molecule has 1 saturated heterocycles. The van der Waals surface area contributed by atoms with E-state index >= 15 is 0 Å². The Balaban J connectivity index is 1.60. The van der Waals surface area contributed by atoms with E-state index in [1.165, 1.54) is 5.56 Å². The highest BCUT2D eigenvalue weighted by Crippen LogP contribution is 2.32. The SMILES string of the molecule is COc1ccccc1C(=O)N1CCCC(c2c[nH]c3ncccc23)C1. The molecule has 1 N–H and O–H groups in total. The number of hydrogen-bond donors (Lipinski definition) is 1. The lowest BCUT2D eigenvalue weighted by Crippen LogP contribution is -2.39. The maximum atomic E-state index is 13.0. The fourth-order valence-electron chi connectivity index (χ4n) is 3.72. The number of nitrogens with one attached hydrogen (secondary N) is 1. The third-order valence-electron chi connectivity index (χ3n) is 4.97. The summed E-state index contributed by atoms with van der Waals surface area (Å²) in [5.41, 5.74) is 2.79. The average Bonchev–Trinajstić information content (AvgIpc) is 3.11. The molecule has 1 fully saturated rings. The van der Waals surface area contributed by atoms with Crippen molar-refractivity contribution in [1.82, 2.24) is 14.9 Å². The summed E-state index contributed by atoms with van der Waals surface area (Å²) in [5, 5.41) is 1.15. The van der Waals surface area contributed by atoms with Crippen molar-refractivity contribution < 1.29 is 9.53 Å². The van der Waals surface area contributed by atoms with Crippen molar-refractivity contribution in [3.8, 4) is 5.75 Å². The van der Waals surface area contributed by atoms with E-state index in [1.807, 2.05) is 41.4 Å². The maximum absolute atomic E-state index is 13.0. The molecular weight excluding hydrogens is 314 g/mol. The molecule has 1 aromatic carbocycles. The monoisotopic (exact) mass is 335 g/mol. The van der Waals surface area contributed by atoms with Crippen LogP contribution in [-0.4, -0.2) is 41.0 Å². The first-order valence-electron chi connectivity index (χ1n) is 8.62. The highest BCUT2D eigenvalue weighted by molar-refractivity contribution is 5.97. The number of aromatic amines is 1. The molecule has 3 heterocycles. The van der Waals surface area contributed by atoms with Crippen molar-refractivity contribution in [1.29, 1.82) is 0 Å². The van der Waals surface area contributed by atoms with Gasteiger partial charge in [-0.25, -0.2) is 4.98 Å². The van der Waals surface area contributed by atoms with Crippen LogP contribution in [0.4, 0.5) is 0 Å². The topological polar surface area (TPSA) is 58.2 Å². The highest BCUT2D eigenvalue weighted by atomic mass is 16.5. The number of amides is 1. The van der Waals surface area contributed by atoms with Gasteiger partial charge in [0.25, 0.3) is 5.91 Å². The largest absolute Gasteiger partial charge is 0.496 e. The van der Waals surface area contributed by atoms with Gasteiger partial charge in [-0.2, -0.15) is 0 Å². The number of ether oxygens (including phenoxy) is 1. The number of nitrogens with zero attached hydrogens (tertiary/aromatic N) is 2. The first kappa shape index (κ1) is 15.7. The molecule has 0 aliphatic carbocycles. The number of carbonyl (C=O) groups is 1. The number of likely N-dealkylation sites (tertiary alicyclic amines) is 1. The number of benzene rings is 1. The summed E-state index contributed by atoms with van der Waals surface area (Å²) in [6.45, 7) is 1.51. The number of aromatic nitrogens is 2. The van der Waals surface area contributed by atoms with Crippen LogP contribution >= 0.6 is 0 Å². The van der Waals surface area contributed by atoms with Gasteiger partial charge in [-0.05, 0) is 42.7 Å². The summed E-state index contributed by atoms with van der Waals surface area (Å²) in [6, 6.07) is 11.5. The van der Waals surface area contributed by atoms with Crippen LogP contribution in [0, 0.1) is 0 Å². The van der Waals surface area contributed by atoms with Gasteiger partial charge in [0.15, 0.2) is 0 Å². The van der Waals surface area contributed by atoms with Crippen LogP contribution in [0.2, 0.25) is 0 Å². The van der Waals surface area contributed by atoms with Crippen molar-refractivity contribution >= 4 is 16.9 Å². The van der Waals surface area contributed by atoms with Gasteiger partial charge in [0.1, 0.15) is 11.4 Å². The quantitative estimate of drug-likeness (QED) is 0.796. The van der Waals surface area contributed by atoms with Crippen LogP contribution in [0.1, 0.15) is 34.7 Å². The van der Waals surface area contributed by atoms with E-state index in [9.17, 15) is 4.79 Å². The molecule has 128 valence electrons. The Kier molecular flexibility index (Phi) is 4.14. The number of H-pyrrole nitrogens is 1. The average molecular weight is 335 g/mol. The minimum Gasteiger partial charge on any atom is -0.496 e. The van der Waals surface area contributed by atoms with Gasteiger partial charge in [-0.15, -0.1) is 0 Å². The zero-order chi connectivity index (χ0) is 17.2. The summed E-state index contributed by atoms with van der Waals surface area (Å²) < 4.78 is 5.35. The minimum atomic E-state index is 0.0418. The zero-order valence-corrected chi connectivity index (χ0v) is 14.2. The normalized spacial score (nSPS) is 17.6.